The van der Waals surface area contributed by atoms with Gasteiger partial charge in [-0.15, -0.1) is 11.3 Å². The Morgan fingerprint density at radius 2 is 1.90 bits per heavy atom. The molecule has 29 heavy (non-hydrogen) atoms. The third kappa shape index (κ3) is 5.77. The molecule has 154 valence electrons. The van der Waals surface area contributed by atoms with Crippen molar-refractivity contribution >= 4 is 29.3 Å². The van der Waals surface area contributed by atoms with E-state index in [4.69, 9.17) is 9.47 Å². The Kier molecular flexibility index (Phi) is 7.18. The van der Waals surface area contributed by atoms with Gasteiger partial charge in [-0.25, -0.2) is 14.6 Å². The fourth-order valence-electron chi connectivity index (χ4n) is 2.98. The van der Waals surface area contributed by atoms with Crippen LogP contribution in [-0.4, -0.2) is 60.2 Å². The molecule has 1 aliphatic rings. The van der Waals surface area contributed by atoms with E-state index in [1.54, 1.807) is 17.2 Å². The summed E-state index contributed by atoms with van der Waals surface area (Å²) >= 11 is 1.34. The van der Waals surface area contributed by atoms with E-state index in [0.717, 1.165) is 10.6 Å². The standard InChI is InChI=1S/C20H23N3O5S/c1-2-27-20(26)23-10-8-15(9-11-23)21-17(24)12-28-19(25)16-13-29-18(22-16)14-6-4-3-5-7-14/h3-7,13,15H,2,8-12H2,1H3,(H,21,24). The Morgan fingerprint density at radius 1 is 1.17 bits per heavy atom. The lowest BCUT2D eigenvalue weighted by Crippen LogP contribution is -2.47. The normalized spacial score (nSPS) is 14.3. The summed E-state index contributed by atoms with van der Waals surface area (Å²) in [6.45, 7) is 2.78. The van der Waals surface area contributed by atoms with E-state index in [-0.39, 0.29) is 30.3 Å². The Bertz CT molecular complexity index is 847. The van der Waals surface area contributed by atoms with Crippen molar-refractivity contribution in [2.24, 2.45) is 0 Å². The maximum absolute atomic E-state index is 12.1. The van der Waals surface area contributed by atoms with Gasteiger partial charge in [-0.1, -0.05) is 30.3 Å². The molecule has 0 bridgehead atoms. The van der Waals surface area contributed by atoms with Crippen LogP contribution in [0.1, 0.15) is 30.3 Å². The molecule has 2 amide bonds. The first-order chi connectivity index (χ1) is 14.1. The van der Waals surface area contributed by atoms with Crippen LogP contribution in [0.25, 0.3) is 10.6 Å². The van der Waals surface area contributed by atoms with Gasteiger partial charge >= 0.3 is 12.1 Å². The monoisotopic (exact) mass is 417 g/mol. The highest BCUT2D eigenvalue weighted by atomic mass is 32.1. The van der Waals surface area contributed by atoms with Gasteiger partial charge in [0.15, 0.2) is 12.3 Å². The average Bonchev–Trinajstić information content (AvgIpc) is 3.24. The number of nitrogens with one attached hydrogen (secondary N) is 1. The van der Waals surface area contributed by atoms with Gasteiger partial charge in [0.25, 0.3) is 5.91 Å². The second-order valence-corrected chi connectivity index (χ2v) is 7.37. The fourth-order valence-corrected chi connectivity index (χ4v) is 3.77. The highest BCUT2D eigenvalue weighted by Gasteiger charge is 2.25. The van der Waals surface area contributed by atoms with Crippen molar-refractivity contribution in [2.75, 3.05) is 26.3 Å². The summed E-state index contributed by atoms with van der Waals surface area (Å²) in [6, 6.07) is 9.47. The molecule has 0 atom stereocenters. The van der Waals surface area contributed by atoms with Crippen molar-refractivity contribution in [1.82, 2.24) is 15.2 Å². The molecule has 0 radical (unpaired) electrons. The minimum atomic E-state index is -0.629. The number of hydrogen-bond donors (Lipinski definition) is 1. The van der Waals surface area contributed by atoms with Gasteiger partial charge in [0, 0.05) is 30.1 Å². The van der Waals surface area contributed by atoms with E-state index in [0.29, 0.717) is 32.5 Å². The molecule has 0 saturated carbocycles. The topological polar surface area (TPSA) is 97.8 Å². The van der Waals surface area contributed by atoms with E-state index in [1.807, 2.05) is 30.3 Å². The van der Waals surface area contributed by atoms with Crippen molar-refractivity contribution in [1.29, 1.82) is 0 Å². The van der Waals surface area contributed by atoms with Gasteiger partial charge in [0.2, 0.25) is 0 Å². The molecule has 1 saturated heterocycles. The van der Waals surface area contributed by atoms with Crippen molar-refractivity contribution in [3.63, 3.8) is 0 Å². The van der Waals surface area contributed by atoms with Crippen LogP contribution in [0, 0.1) is 0 Å². The van der Waals surface area contributed by atoms with Crippen molar-refractivity contribution in [2.45, 2.75) is 25.8 Å². The second kappa shape index (κ2) is 10.0. The Morgan fingerprint density at radius 3 is 2.59 bits per heavy atom. The van der Waals surface area contributed by atoms with Gasteiger partial charge < -0.3 is 19.7 Å². The number of benzene rings is 1. The van der Waals surface area contributed by atoms with Crippen LogP contribution >= 0.6 is 11.3 Å². The number of amides is 2. The molecule has 2 aromatic rings. The Hall–Kier alpha value is -2.94. The van der Waals surface area contributed by atoms with Crippen LogP contribution in [0.3, 0.4) is 0 Å². The van der Waals surface area contributed by atoms with E-state index < -0.39 is 5.97 Å². The molecule has 3 rings (SSSR count). The summed E-state index contributed by atoms with van der Waals surface area (Å²) in [4.78, 5) is 41.8. The molecule has 2 heterocycles. The number of ether oxygens (including phenoxy) is 2. The van der Waals surface area contributed by atoms with E-state index in [1.165, 1.54) is 11.3 Å². The highest BCUT2D eigenvalue weighted by Crippen LogP contribution is 2.23. The number of carbonyl (C=O) groups excluding carboxylic acids is 3. The third-order valence-electron chi connectivity index (χ3n) is 4.45. The van der Waals surface area contributed by atoms with Gasteiger partial charge in [-0.05, 0) is 19.8 Å². The zero-order valence-corrected chi connectivity index (χ0v) is 16.9. The lowest BCUT2D eigenvalue weighted by Gasteiger charge is -2.31. The van der Waals surface area contributed by atoms with Crippen molar-refractivity contribution in [3.8, 4) is 10.6 Å². The first-order valence-electron chi connectivity index (χ1n) is 9.46. The molecule has 1 fully saturated rings. The number of aromatic nitrogens is 1. The molecule has 9 heteroatoms. The fraction of sp³-hybridized carbons (Fsp3) is 0.400. The summed E-state index contributed by atoms with van der Waals surface area (Å²) in [5.74, 6) is -0.998. The number of esters is 1. The van der Waals surface area contributed by atoms with E-state index >= 15 is 0 Å². The van der Waals surface area contributed by atoms with Crippen LogP contribution in [0.5, 0.6) is 0 Å². The number of likely N-dealkylation sites (tertiary alicyclic amines) is 1. The molecular formula is C20H23N3O5S. The van der Waals surface area contributed by atoms with Crippen molar-refractivity contribution < 1.29 is 23.9 Å². The molecule has 0 spiro atoms. The van der Waals surface area contributed by atoms with Crippen LogP contribution in [0.2, 0.25) is 0 Å². The second-order valence-electron chi connectivity index (χ2n) is 6.51. The minimum Gasteiger partial charge on any atom is -0.451 e. The van der Waals surface area contributed by atoms with Crippen LogP contribution < -0.4 is 5.32 Å². The van der Waals surface area contributed by atoms with Gasteiger partial charge in [0.1, 0.15) is 5.01 Å². The Labute approximate surface area is 172 Å². The van der Waals surface area contributed by atoms with Gasteiger partial charge in [0.05, 0.1) is 6.61 Å². The molecule has 0 unspecified atom stereocenters. The number of carbonyl (C=O) groups is 3. The van der Waals surface area contributed by atoms with E-state index in [2.05, 4.69) is 10.3 Å². The van der Waals surface area contributed by atoms with Gasteiger partial charge in [-0.2, -0.15) is 0 Å². The summed E-state index contributed by atoms with van der Waals surface area (Å²) in [7, 11) is 0. The lowest BCUT2D eigenvalue weighted by molar-refractivity contribution is -0.125. The summed E-state index contributed by atoms with van der Waals surface area (Å²) in [6.07, 6.45) is 0.931. The molecule has 0 aliphatic carbocycles. The number of hydrogen-bond acceptors (Lipinski definition) is 7. The predicted molar refractivity (Wildman–Crippen MR) is 108 cm³/mol. The predicted octanol–water partition coefficient (Wildman–Crippen LogP) is 2.70. The molecule has 8 nitrogen and oxygen atoms in total. The zero-order chi connectivity index (χ0) is 20.6. The molecular weight excluding hydrogens is 394 g/mol. The molecule has 1 aliphatic heterocycles. The largest absolute Gasteiger partial charge is 0.451 e. The number of rotatable bonds is 6. The third-order valence-corrected chi connectivity index (χ3v) is 5.35. The smallest absolute Gasteiger partial charge is 0.409 e. The molecule has 1 N–H and O–H groups in total. The lowest BCUT2D eigenvalue weighted by atomic mass is 10.1. The summed E-state index contributed by atoms with van der Waals surface area (Å²) in [5, 5.41) is 5.17. The van der Waals surface area contributed by atoms with Gasteiger partial charge in [-0.3, -0.25) is 4.79 Å². The molecule has 1 aromatic heterocycles. The summed E-state index contributed by atoms with van der Waals surface area (Å²) in [5.41, 5.74) is 1.10. The highest BCUT2D eigenvalue weighted by molar-refractivity contribution is 7.13. The minimum absolute atomic E-state index is 0.0594. The van der Waals surface area contributed by atoms with Crippen molar-refractivity contribution in [3.05, 3.63) is 41.4 Å². The maximum Gasteiger partial charge on any atom is 0.409 e. The first-order valence-corrected chi connectivity index (χ1v) is 10.3. The maximum atomic E-state index is 12.1. The van der Waals surface area contributed by atoms with Crippen LogP contribution in [0.15, 0.2) is 35.7 Å². The Balaban J connectivity index is 1.41. The first kappa shape index (κ1) is 20.8. The SMILES string of the molecule is CCOC(=O)N1CCC(NC(=O)COC(=O)c2csc(-c3ccccc3)n2)CC1. The zero-order valence-electron chi connectivity index (χ0n) is 16.1. The number of thiazole rings is 1. The van der Waals surface area contributed by atoms with Crippen LogP contribution in [0.4, 0.5) is 4.79 Å². The van der Waals surface area contributed by atoms with E-state index in [9.17, 15) is 14.4 Å². The number of piperidine rings is 1. The summed E-state index contributed by atoms with van der Waals surface area (Å²) < 4.78 is 10.1. The average molecular weight is 417 g/mol. The molecule has 1 aromatic carbocycles. The number of nitrogens with zero attached hydrogens (tertiary/aromatic N) is 2. The van der Waals surface area contributed by atoms with Crippen LogP contribution in [-0.2, 0) is 14.3 Å². The quantitative estimate of drug-likeness (QED) is 0.726.